The van der Waals surface area contributed by atoms with Gasteiger partial charge in [0.2, 0.25) is 0 Å². The molecule has 0 aromatic carbocycles. The van der Waals surface area contributed by atoms with Crippen molar-refractivity contribution in [1.29, 1.82) is 0 Å². The van der Waals surface area contributed by atoms with Crippen LogP contribution in [0.25, 0.3) is 0 Å². The smallest absolute Gasteiger partial charge is 0.270 e. The van der Waals surface area contributed by atoms with E-state index < -0.39 is 20.0 Å². The Kier molecular flexibility index (Phi) is 2.89. The van der Waals surface area contributed by atoms with Crippen molar-refractivity contribution in [2.45, 2.75) is 19.3 Å². The van der Waals surface area contributed by atoms with Crippen LogP contribution in [0.2, 0.25) is 0 Å². The third kappa shape index (κ3) is 1.68. The Balaban J connectivity index is 2.76. The molecular weight excluding hydrogens is 181 g/mol. The first kappa shape index (κ1) is 9.29. The molecule has 5 nitrogen and oxygen atoms in total. The van der Waals surface area contributed by atoms with Crippen LogP contribution >= 0.6 is 8.18 Å². The summed E-state index contributed by atoms with van der Waals surface area (Å²) in [7, 11) is -1.09. The van der Waals surface area contributed by atoms with E-state index >= 15 is 0 Å². The third-order valence-electron chi connectivity index (χ3n) is 1.57. The molecule has 1 aliphatic rings. The second-order valence-electron chi connectivity index (χ2n) is 2.37. The highest BCUT2D eigenvalue weighted by Crippen LogP contribution is 2.31. The Hall–Kier alpha value is -0.800. The fourth-order valence-corrected chi connectivity index (χ4v) is 1.73. The minimum atomic E-state index is -2.29. The molecule has 0 N–H and O–H groups in total. The highest BCUT2D eigenvalue weighted by atomic mass is 31.1. The lowest BCUT2D eigenvalue weighted by Gasteiger charge is -2.12. The summed E-state index contributed by atoms with van der Waals surface area (Å²) in [5.41, 5.74) is 0. The number of nitrogens with zero attached hydrogens (tertiary/aromatic N) is 1. The molecule has 0 aliphatic carbocycles. The van der Waals surface area contributed by atoms with Gasteiger partial charge in [-0.1, -0.05) is 0 Å². The van der Waals surface area contributed by atoms with Crippen LogP contribution in [0.3, 0.4) is 0 Å². The summed E-state index contributed by atoms with van der Waals surface area (Å²) < 4.78 is 16.1. The number of amides is 2. The standard InChI is InChI=1S/C6H9NO4P/c1-11-12(10)7-5(8)3-2-4-6(7)9/h2-4H2,1H3/q+1. The number of hydrogen-bond acceptors (Lipinski definition) is 4. The number of carbonyl (C=O) groups is 2. The van der Waals surface area contributed by atoms with Gasteiger partial charge in [-0.2, -0.15) is 0 Å². The molecule has 0 aromatic heterocycles. The number of piperidine rings is 1. The summed E-state index contributed by atoms with van der Waals surface area (Å²) in [6, 6.07) is 0. The van der Waals surface area contributed by atoms with Crippen molar-refractivity contribution < 1.29 is 18.7 Å². The van der Waals surface area contributed by atoms with Crippen LogP contribution in [-0.4, -0.2) is 23.6 Å². The SMILES string of the molecule is CO[P+](=O)N1C(=O)CCCC1=O. The molecule has 12 heavy (non-hydrogen) atoms. The van der Waals surface area contributed by atoms with Crippen molar-refractivity contribution in [3.8, 4) is 0 Å². The maximum atomic E-state index is 11.0. The minimum Gasteiger partial charge on any atom is -0.270 e. The molecule has 0 bridgehead atoms. The predicted molar refractivity (Wildman–Crippen MR) is 40.3 cm³/mol. The lowest BCUT2D eigenvalue weighted by molar-refractivity contribution is -0.141. The fraction of sp³-hybridized carbons (Fsp3) is 0.667. The largest absolute Gasteiger partial charge is 0.656 e. The molecule has 1 heterocycles. The van der Waals surface area contributed by atoms with E-state index in [1.165, 1.54) is 7.11 Å². The van der Waals surface area contributed by atoms with E-state index in [9.17, 15) is 14.2 Å². The van der Waals surface area contributed by atoms with Gasteiger partial charge in [0.1, 0.15) is 0 Å². The van der Waals surface area contributed by atoms with Crippen LogP contribution < -0.4 is 0 Å². The summed E-state index contributed by atoms with van der Waals surface area (Å²) >= 11 is 0. The van der Waals surface area contributed by atoms with Crippen molar-refractivity contribution in [3.63, 3.8) is 0 Å². The van der Waals surface area contributed by atoms with Gasteiger partial charge in [0.05, 0.1) is 7.11 Å². The zero-order valence-corrected chi connectivity index (χ0v) is 7.54. The first-order valence-corrected chi connectivity index (χ1v) is 4.67. The lowest BCUT2D eigenvalue weighted by Crippen LogP contribution is -2.34. The number of hydrogen-bond donors (Lipinski definition) is 0. The van der Waals surface area contributed by atoms with Gasteiger partial charge >= 0.3 is 8.18 Å². The van der Waals surface area contributed by atoms with Gasteiger partial charge in [0.15, 0.2) is 0 Å². The minimum absolute atomic E-state index is 0.274. The fourth-order valence-electron chi connectivity index (χ4n) is 1.01. The van der Waals surface area contributed by atoms with Crippen molar-refractivity contribution in [3.05, 3.63) is 0 Å². The number of rotatable bonds is 2. The molecule has 0 spiro atoms. The molecule has 6 heteroatoms. The van der Waals surface area contributed by atoms with Gasteiger partial charge in [0, 0.05) is 12.8 Å². The highest BCUT2D eigenvalue weighted by Gasteiger charge is 2.42. The summed E-state index contributed by atoms with van der Waals surface area (Å²) in [6.45, 7) is 0. The van der Waals surface area contributed by atoms with E-state index in [0.717, 1.165) is 0 Å². The average Bonchev–Trinajstić information content (AvgIpc) is 2.03. The highest BCUT2D eigenvalue weighted by molar-refractivity contribution is 7.38. The van der Waals surface area contributed by atoms with Crippen molar-refractivity contribution in [2.24, 2.45) is 0 Å². The zero-order valence-electron chi connectivity index (χ0n) is 6.65. The first-order chi connectivity index (χ1) is 5.66. The monoisotopic (exact) mass is 190 g/mol. The van der Waals surface area contributed by atoms with Gasteiger partial charge in [0.25, 0.3) is 11.8 Å². The quantitative estimate of drug-likeness (QED) is 0.477. The van der Waals surface area contributed by atoms with E-state index in [1.54, 1.807) is 0 Å². The number of carbonyl (C=O) groups excluding carboxylic acids is 2. The molecule has 0 saturated carbocycles. The van der Waals surface area contributed by atoms with Crippen LogP contribution in [-0.2, 0) is 18.7 Å². The summed E-state index contributed by atoms with van der Waals surface area (Å²) in [4.78, 5) is 22.1. The second-order valence-corrected chi connectivity index (χ2v) is 3.61. The molecule has 2 amide bonds. The van der Waals surface area contributed by atoms with Crippen LogP contribution in [0.1, 0.15) is 19.3 Å². The normalized spacial score (nSPS) is 19.8. The van der Waals surface area contributed by atoms with Gasteiger partial charge < -0.3 is 0 Å². The Morgan fingerprint density at radius 3 is 2.25 bits per heavy atom. The molecule has 1 aliphatic heterocycles. The molecule has 1 atom stereocenters. The van der Waals surface area contributed by atoms with E-state index in [2.05, 4.69) is 4.52 Å². The maximum absolute atomic E-state index is 11.0. The summed E-state index contributed by atoms with van der Waals surface area (Å²) in [5.74, 6) is -0.816. The van der Waals surface area contributed by atoms with Crippen LogP contribution in [0, 0.1) is 0 Å². The van der Waals surface area contributed by atoms with Crippen LogP contribution in [0.4, 0.5) is 0 Å². The van der Waals surface area contributed by atoms with Gasteiger partial charge in [-0.05, 0) is 15.7 Å². The van der Waals surface area contributed by atoms with E-state index in [0.29, 0.717) is 11.1 Å². The van der Waals surface area contributed by atoms with Crippen molar-refractivity contribution in [2.75, 3.05) is 7.11 Å². The van der Waals surface area contributed by atoms with E-state index in [-0.39, 0.29) is 12.8 Å². The molecule has 1 rings (SSSR count). The Morgan fingerprint density at radius 1 is 1.33 bits per heavy atom. The molecular formula is C6H9NO4P+. The lowest BCUT2D eigenvalue weighted by atomic mass is 10.1. The third-order valence-corrected chi connectivity index (χ3v) is 2.66. The second kappa shape index (κ2) is 3.74. The molecule has 1 unspecified atom stereocenters. The van der Waals surface area contributed by atoms with Crippen molar-refractivity contribution in [1.82, 2.24) is 4.67 Å². The average molecular weight is 190 g/mol. The molecule has 0 aromatic rings. The van der Waals surface area contributed by atoms with Gasteiger partial charge in [-0.15, -0.1) is 4.52 Å². The van der Waals surface area contributed by atoms with E-state index in [4.69, 9.17) is 0 Å². The summed E-state index contributed by atoms with van der Waals surface area (Å²) in [5, 5.41) is 0. The first-order valence-electron chi connectivity index (χ1n) is 3.54. The zero-order chi connectivity index (χ0) is 9.14. The van der Waals surface area contributed by atoms with Gasteiger partial charge in [-0.25, -0.2) is 0 Å². The molecule has 1 fully saturated rings. The van der Waals surface area contributed by atoms with Gasteiger partial charge in [-0.3, -0.25) is 9.59 Å². The molecule has 0 radical (unpaired) electrons. The summed E-state index contributed by atoms with van der Waals surface area (Å²) in [6.07, 6.45) is 1.09. The topological polar surface area (TPSA) is 63.7 Å². The van der Waals surface area contributed by atoms with E-state index in [1.807, 2.05) is 0 Å². The maximum Gasteiger partial charge on any atom is 0.656 e. The number of imide groups is 1. The Morgan fingerprint density at radius 2 is 1.83 bits per heavy atom. The van der Waals surface area contributed by atoms with Crippen LogP contribution in [0.15, 0.2) is 0 Å². The predicted octanol–water partition coefficient (Wildman–Crippen LogP) is 0.829. The van der Waals surface area contributed by atoms with Crippen molar-refractivity contribution >= 4 is 20.0 Å². The Bertz CT molecular complexity index is 213. The molecule has 1 saturated heterocycles. The van der Waals surface area contributed by atoms with Crippen LogP contribution in [0.5, 0.6) is 0 Å². The Labute approximate surface area is 70.6 Å². The molecule has 66 valence electrons.